The van der Waals surface area contributed by atoms with Gasteiger partial charge in [0.2, 0.25) is 0 Å². The molecule has 0 fully saturated rings. The molecule has 0 aliphatic heterocycles. The molecule has 3 rings (SSSR count). The number of rotatable bonds is 2. The number of aromatic hydroxyl groups is 1. The van der Waals surface area contributed by atoms with Gasteiger partial charge in [0.05, 0.1) is 0 Å². The fourth-order valence-corrected chi connectivity index (χ4v) is 2.64. The maximum atomic E-state index is 10.0. The Kier molecular flexibility index (Phi) is 3.03. The molecule has 1 heterocycles. The Bertz CT molecular complexity index is 817. The number of aryl methyl sites for hydroxylation is 1. The highest BCUT2D eigenvalue weighted by molar-refractivity contribution is 6.30. The van der Waals surface area contributed by atoms with Gasteiger partial charge in [0.15, 0.2) is 0 Å². The zero-order chi connectivity index (χ0) is 14.3. The van der Waals surface area contributed by atoms with Crippen molar-refractivity contribution in [2.75, 3.05) is 0 Å². The number of phenols is 1. The molecule has 2 aromatic carbocycles. The molecular formula is C17H14ClNO. The van der Waals surface area contributed by atoms with Crippen LogP contribution in [0.2, 0.25) is 5.02 Å². The average molecular weight is 284 g/mol. The van der Waals surface area contributed by atoms with Crippen molar-refractivity contribution in [2.24, 2.45) is 7.05 Å². The number of hydrogen-bond donors (Lipinski definition) is 1. The lowest BCUT2D eigenvalue weighted by Crippen LogP contribution is -1.96. The zero-order valence-corrected chi connectivity index (χ0v) is 11.9. The van der Waals surface area contributed by atoms with E-state index in [2.05, 4.69) is 29.3 Å². The Hall–Kier alpha value is -2.19. The van der Waals surface area contributed by atoms with Crippen molar-refractivity contribution in [3.05, 3.63) is 71.4 Å². The molecule has 0 saturated heterocycles. The largest absolute Gasteiger partial charge is 0.507 e. The molecule has 0 saturated carbocycles. The third kappa shape index (κ3) is 1.98. The first-order chi connectivity index (χ1) is 9.58. The van der Waals surface area contributed by atoms with E-state index in [0.29, 0.717) is 10.6 Å². The highest BCUT2D eigenvalue weighted by Crippen LogP contribution is 2.33. The lowest BCUT2D eigenvalue weighted by molar-refractivity contribution is 0.473. The summed E-state index contributed by atoms with van der Waals surface area (Å²) in [7, 11) is 1.99. The molecule has 2 nitrogen and oxygen atoms in total. The molecule has 3 aromatic rings. The zero-order valence-electron chi connectivity index (χ0n) is 11.1. The molecule has 0 aliphatic rings. The number of halogens is 1. The second-order valence-electron chi connectivity index (χ2n) is 4.79. The monoisotopic (exact) mass is 283 g/mol. The van der Waals surface area contributed by atoms with E-state index in [-0.39, 0.29) is 5.75 Å². The van der Waals surface area contributed by atoms with Crippen LogP contribution < -0.4 is 0 Å². The van der Waals surface area contributed by atoms with Crippen LogP contribution in [0.4, 0.5) is 0 Å². The van der Waals surface area contributed by atoms with Crippen LogP contribution >= 0.6 is 11.6 Å². The third-order valence-electron chi connectivity index (χ3n) is 3.54. The molecule has 100 valence electrons. The molecule has 0 amide bonds. The number of benzene rings is 2. The summed E-state index contributed by atoms with van der Waals surface area (Å²) in [5.41, 5.74) is 3.50. The van der Waals surface area contributed by atoms with E-state index < -0.39 is 0 Å². The van der Waals surface area contributed by atoms with Gasteiger partial charge in [-0.1, -0.05) is 36.4 Å². The highest BCUT2D eigenvalue weighted by Gasteiger charge is 2.13. The standard InChI is InChI=1S/C17H14ClNO/c1-11(14-10-13(18)7-8-17(14)20)16-9-12-5-3-4-6-15(12)19(16)2/h3-10,20H,1H2,2H3. The van der Waals surface area contributed by atoms with Crippen LogP contribution in [-0.2, 0) is 7.05 Å². The summed E-state index contributed by atoms with van der Waals surface area (Å²) in [6.07, 6.45) is 0. The fraction of sp³-hybridized carbons (Fsp3) is 0.0588. The van der Waals surface area contributed by atoms with Crippen molar-refractivity contribution < 1.29 is 5.11 Å². The van der Waals surface area contributed by atoms with Crippen molar-refractivity contribution in [3.63, 3.8) is 0 Å². The number of aromatic nitrogens is 1. The summed E-state index contributed by atoms with van der Waals surface area (Å²) >= 11 is 6.01. The quantitative estimate of drug-likeness (QED) is 0.730. The lowest BCUT2D eigenvalue weighted by Gasteiger charge is -2.10. The van der Waals surface area contributed by atoms with E-state index >= 15 is 0 Å². The topological polar surface area (TPSA) is 25.2 Å². The summed E-state index contributed by atoms with van der Waals surface area (Å²) < 4.78 is 2.07. The third-order valence-corrected chi connectivity index (χ3v) is 3.78. The second-order valence-corrected chi connectivity index (χ2v) is 5.22. The van der Waals surface area contributed by atoms with Crippen molar-refractivity contribution in [1.82, 2.24) is 4.57 Å². The minimum Gasteiger partial charge on any atom is -0.507 e. The van der Waals surface area contributed by atoms with E-state index in [1.807, 2.05) is 19.2 Å². The average Bonchev–Trinajstić information content (AvgIpc) is 2.79. The van der Waals surface area contributed by atoms with Gasteiger partial charge in [0, 0.05) is 39.8 Å². The van der Waals surface area contributed by atoms with Crippen molar-refractivity contribution in [2.45, 2.75) is 0 Å². The molecule has 1 N–H and O–H groups in total. The molecule has 20 heavy (non-hydrogen) atoms. The Morgan fingerprint density at radius 2 is 1.90 bits per heavy atom. The number of para-hydroxylation sites is 1. The molecule has 0 radical (unpaired) electrons. The number of fused-ring (bicyclic) bond motifs is 1. The minimum absolute atomic E-state index is 0.185. The van der Waals surface area contributed by atoms with E-state index in [9.17, 15) is 5.11 Å². The molecule has 0 bridgehead atoms. The summed E-state index contributed by atoms with van der Waals surface area (Å²) in [6, 6.07) is 15.2. The number of hydrogen-bond acceptors (Lipinski definition) is 1. The van der Waals surface area contributed by atoms with Gasteiger partial charge in [-0.25, -0.2) is 0 Å². The predicted molar refractivity (Wildman–Crippen MR) is 84.2 cm³/mol. The van der Waals surface area contributed by atoms with Gasteiger partial charge in [-0.15, -0.1) is 0 Å². The van der Waals surface area contributed by atoms with Crippen LogP contribution in [0.1, 0.15) is 11.3 Å². The van der Waals surface area contributed by atoms with E-state index in [0.717, 1.165) is 22.2 Å². The summed E-state index contributed by atoms with van der Waals surface area (Å²) in [5.74, 6) is 0.185. The van der Waals surface area contributed by atoms with Crippen LogP contribution in [0, 0.1) is 0 Å². The summed E-state index contributed by atoms with van der Waals surface area (Å²) in [4.78, 5) is 0. The van der Waals surface area contributed by atoms with Gasteiger partial charge < -0.3 is 9.67 Å². The van der Waals surface area contributed by atoms with Crippen molar-refractivity contribution >= 4 is 28.1 Å². The molecular weight excluding hydrogens is 270 g/mol. The molecule has 0 spiro atoms. The predicted octanol–water partition coefficient (Wildman–Crippen LogP) is 4.60. The maximum Gasteiger partial charge on any atom is 0.123 e. The lowest BCUT2D eigenvalue weighted by atomic mass is 10.0. The minimum atomic E-state index is 0.185. The van der Waals surface area contributed by atoms with Gasteiger partial charge in [-0.05, 0) is 30.3 Å². The van der Waals surface area contributed by atoms with Crippen LogP contribution in [-0.4, -0.2) is 9.67 Å². The smallest absolute Gasteiger partial charge is 0.123 e. The van der Waals surface area contributed by atoms with Gasteiger partial charge in [0.25, 0.3) is 0 Å². The molecule has 0 unspecified atom stereocenters. The van der Waals surface area contributed by atoms with Crippen LogP contribution in [0.15, 0.2) is 55.1 Å². The number of phenolic OH excluding ortho intramolecular Hbond substituents is 1. The van der Waals surface area contributed by atoms with Crippen molar-refractivity contribution in [1.29, 1.82) is 0 Å². The Morgan fingerprint density at radius 3 is 2.65 bits per heavy atom. The van der Waals surface area contributed by atoms with Gasteiger partial charge in [0.1, 0.15) is 5.75 Å². The van der Waals surface area contributed by atoms with Gasteiger partial charge in [-0.3, -0.25) is 0 Å². The Balaban J connectivity index is 2.17. The summed E-state index contributed by atoms with van der Waals surface area (Å²) in [6.45, 7) is 4.11. The molecule has 1 aromatic heterocycles. The van der Waals surface area contributed by atoms with Crippen molar-refractivity contribution in [3.8, 4) is 5.75 Å². The summed E-state index contributed by atoms with van der Waals surface area (Å²) in [5, 5.41) is 11.7. The van der Waals surface area contributed by atoms with Crippen LogP contribution in [0.3, 0.4) is 0 Å². The first-order valence-electron chi connectivity index (χ1n) is 6.30. The SMILES string of the molecule is C=C(c1cc(Cl)ccc1O)c1cc2ccccc2n1C. The first-order valence-corrected chi connectivity index (χ1v) is 6.68. The normalized spacial score (nSPS) is 10.9. The Labute approximate surface area is 122 Å². The van der Waals surface area contributed by atoms with Gasteiger partial charge in [-0.2, -0.15) is 0 Å². The highest BCUT2D eigenvalue weighted by atomic mass is 35.5. The number of nitrogens with zero attached hydrogens (tertiary/aromatic N) is 1. The van der Waals surface area contributed by atoms with E-state index in [1.54, 1.807) is 18.2 Å². The molecule has 0 atom stereocenters. The maximum absolute atomic E-state index is 10.0. The first kappa shape index (κ1) is 12.8. The van der Waals surface area contributed by atoms with Gasteiger partial charge >= 0.3 is 0 Å². The van der Waals surface area contributed by atoms with Crippen LogP contribution in [0.5, 0.6) is 5.75 Å². The van der Waals surface area contributed by atoms with E-state index in [1.165, 1.54) is 0 Å². The Morgan fingerprint density at radius 1 is 1.15 bits per heavy atom. The fourth-order valence-electron chi connectivity index (χ4n) is 2.47. The molecule has 3 heteroatoms. The second kappa shape index (κ2) is 4.73. The van der Waals surface area contributed by atoms with Crippen LogP contribution in [0.25, 0.3) is 16.5 Å². The van der Waals surface area contributed by atoms with E-state index in [4.69, 9.17) is 11.6 Å². The molecule has 0 aliphatic carbocycles.